The Hall–Kier alpha value is -1.35. The molecular weight excluding hydrogens is 310 g/mol. The number of carbonyl (C=O) groups excluding carboxylic acids is 1. The lowest BCUT2D eigenvalue weighted by Crippen LogP contribution is -2.49. The largest absolute Gasteiger partial charge is 0.389 e. The van der Waals surface area contributed by atoms with Crippen molar-refractivity contribution in [3.8, 4) is 0 Å². The molecule has 1 aliphatic carbocycles. The van der Waals surface area contributed by atoms with Crippen LogP contribution in [-0.2, 0) is 11.2 Å². The lowest BCUT2D eigenvalue weighted by atomic mass is 9.82. The summed E-state index contributed by atoms with van der Waals surface area (Å²) < 4.78 is 0. The number of piperidine rings is 1. The summed E-state index contributed by atoms with van der Waals surface area (Å²) >= 11 is 0. The Labute approximate surface area is 152 Å². The van der Waals surface area contributed by atoms with Crippen LogP contribution in [0.3, 0.4) is 0 Å². The standard InChI is InChI=1S/C22H33NO2/c1-18(16-19-8-4-2-5-9-19)21(24)23-14-12-22(25,13-15-23)17-20-10-6-3-7-11-20/h3,6-7,10-11,18-19,25H,2,4-5,8-9,12-17H2,1H3. The zero-order chi connectivity index (χ0) is 17.7. The van der Waals surface area contributed by atoms with Crippen LogP contribution < -0.4 is 0 Å². The molecule has 0 bridgehead atoms. The Balaban J connectivity index is 1.48. The molecule has 1 atom stereocenters. The average Bonchev–Trinajstić information content (AvgIpc) is 2.63. The van der Waals surface area contributed by atoms with Gasteiger partial charge in [-0.15, -0.1) is 0 Å². The van der Waals surface area contributed by atoms with Crippen LogP contribution in [0.5, 0.6) is 0 Å². The fraction of sp³-hybridized carbons (Fsp3) is 0.682. The molecule has 0 aromatic heterocycles. The first kappa shape index (κ1) is 18.4. The van der Waals surface area contributed by atoms with Gasteiger partial charge >= 0.3 is 0 Å². The lowest BCUT2D eigenvalue weighted by Gasteiger charge is -2.39. The summed E-state index contributed by atoms with van der Waals surface area (Å²) in [5.41, 5.74) is 0.514. The molecule has 2 fully saturated rings. The van der Waals surface area contributed by atoms with Crippen LogP contribution in [-0.4, -0.2) is 34.6 Å². The van der Waals surface area contributed by atoms with Crippen molar-refractivity contribution in [1.82, 2.24) is 4.90 Å². The topological polar surface area (TPSA) is 40.5 Å². The molecule has 0 spiro atoms. The van der Waals surface area contributed by atoms with E-state index in [2.05, 4.69) is 19.1 Å². The highest BCUT2D eigenvalue weighted by molar-refractivity contribution is 5.78. The quantitative estimate of drug-likeness (QED) is 0.871. The van der Waals surface area contributed by atoms with Gasteiger partial charge in [-0.1, -0.05) is 69.4 Å². The minimum Gasteiger partial charge on any atom is -0.389 e. The summed E-state index contributed by atoms with van der Waals surface area (Å²) in [6.07, 6.45) is 9.74. The first-order chi connectivity index (χ1) is 12.1. The number of hydrogen-bond acceptors (Lipinski definition) is 2. The predicted molar refractivity (Wildman–Crippen MR) is 101 cm³/mol. The lowest BCUT2D eigenvalue weighted by molar-refractivity contribution is -0.139. The second-order valence-electron chi connectivity index (χ2n) is 8.35. The number of carbonyl (C=O) groups is 1. The highest BCUT2D eigenvalue weighted by atomic mass is 16.3. The molecule has 3 heteroatoms. The SMILES string of the molecule is CC(CC1CCCCC1)C(=O)N1CCC(O)(Cc2ccccc2)CC1. The Morgan fingerprint density at radius 2 is 1.80 bits per heavy atom. The van der Waals surface area contributed by atoms with Crippen molar-refractivity contribution in [2.45, 2.75) is 70.3 Å². The third-order valence-electron chi connectivity index (χ3n) is 6.22. The smallest absolute Gasteiger partial charge is 0.225 e. The first-order valence-electron chi connectivity index (χ1n) is 10.1. The molecule has 1 saturated carbocycles. The van der Waals surface area contributed by atoms with Gasteiger partial charge in [0.1, 0.15) is 0 Å². The van der Waals surface area contributed by atoms with Gasteiger partial charge in [0.05, 0.1) is 5.60 Å². The van der Waals surface area contributed by atoms with Crippen LogP contribution in [0.2, 0.25) is 0 Å². The maximum absolute atomic E-state index is 12.8. The zero-order valence-corrected chi connectivity index (χ0v) is 15.6. The number of nitrogens with zero attached hydrogens (tertiary/aromatic N) is 1. The number of aliphatic hydroxyl groups is 1. The third kappa shape index (κ3) is 5.07. The van der Waals surface area contributed by atoms with E-state index >= 15 is 0 Å². The summed E-state index contributed by atoms with van der Waals surface area (Å²) in [7, 11) is 0. The molecule has 1 heterocycles. The van der Waals surface area contributed by atoms with Gasteiger partial charge in [0.15, 0.2) is 0 Å². The van der Waals surface area contributed by atoms with Gasteiger partial charge in [-0.3, -0.25) is 4.79 Å². The molecule has 1 aromatic rings. The van der Waals surface area contributed by atoms with Gasteiger partial charge in [-0.05, 0) is 30.7 Å². The Morgan fingerprint density at radius 3 is 2.44 bits per heavy atom. The van der Waals surface area contributed by atoms with E-state index in [-0.39, 0.29) is 5.92 Å². The van der Waals surface area contributed by atoms with Crippen LogP contribution in [0.15, 0.2) is 30.3 Å². The van der Waals surface area contributed by atoms with E-state index in [1.165, 1.54) is 37.7 Å². The fourth-order valence-electron chi connectivity index (χ4n) is 4.63. The van der Waals surface area contributed by atoms with Crippen LogP contribution >= 0.6 is 0 Å². The van der Waals surface area contributed by atoms with E-state index in [1.54, 1.807) is 0 Å². The maximum Gasteiger partial charge on any atom is 0.225 e. The summed E-state index contributed by atoms with van der Waals surface area (Å²) in [5.74, 6) is 1.17. The van der Waals surface area contributed by atoms with E-state index in [4.69, 9.17) is 0 Å². The summed E-state index contributed by atoms with van der Waals surface area (Å²) in [4.78, 5) is 14.8. The zero-order valence-electron chi connectivity index (χ0n) is 15.6. The second kappa shape index (κ2) is 8.35. The van der Waals surface area contributed by atoms with Crippen LogP contribution in [0.4, 0.5) is 0 Å². The van der Waals surface area contributed by atoms with E-state index in [0.29, 0.717) is 38.3 Å². The fourth-order valence-corrected chi connectivity index (χ4v) is 4.63. The van der Waals surface area contributed by atoms with Crippen LogP contribution in [0.1, 0.15) is 63.9 Å². The van der Waals surface area contributed by atoms with Gasteiger partial charge in [0.25, 0.3) is 0 Å². The molecule has 1 N–H and O–H groups in total. The van der Waals surface area contributed by atoms with Crippen molar-refractivity contribution in [2.24, 2.45) is 11.8 Å². The Morgan fingerprint density at radius 1 is 1.16 bits per heavy atom. The molecule has 1 aliphatic heterocycles. The summed E-state index contributed by atoms with van der Waals surface area (Å²) in [6.45, 7) is 3.48. The second-order valence-corrected chi connectivity index (χ2v) is 8.35. The number of benzene rings is 1. The highest BCUT2D eigenvalue weighted by Gasteiger charge is 2.35. The van der Waals surface area contributed by atoms with Crippen molar-refractivity contribution >= 4 is 5.91 Å². The van der Waals surface area contributed by atoms with Gasteiger partial charge < -0.3 is 10.0 Å². The number of amides is 1. The van der Waals surface area contributed by atoms with Gasteiger partial charge in [0, 0.05) is 25.4 Å². The molecule has 138 valence electrons. The van der Waals surface area contributed by atoms with Crippen molar-refractivity contribution in [2.75, 3.05) is 13.1 Å². The van der Waals surface area contributed by atoms with Crippen molar-refractivity contribution in [3.63, 3.8) is 0 Å². The predicted octanol–water partition coefficient (Wildman–Crippen LogP) is 4.19. The molecule has 1 aromatic carbocycles. The molecule has 25 heavy (non-hydrogen) atoms. The van der Waals surface area contributed by atoms with Crippen molar-refractivity contribution < 1.29 is 9.90 Å². The van der Waals surface area contributed by atoms with E-state index in [0.717, 1.165) is 12.3 Å². The number of rotatable bonds is 5. The highest BCUT2D eigenvalue weighted by Crippen LogP contribution is 2.31. The molecule has 2 aliphatic rings. The van der Waals surface area contributed by atoms with E-state index < -0.39 is 5.60 Å². The Bertz CT molecular complexity index is 542. The molecule has 1 saturated heterocycles. The minimum absolute atomic E-state index is 0.128. The van der Waals surface area contributed by atoms with E-state index in [9.17, 15) is 9.90 Å². The normalized spacial score (nSPS) is 22.6. The minimum atomic E-state index is -0.662. The molecule has 1 unspecified atom stereocenters. The van der Waals surface area contributed by atoms with Crippen molar-refractivity contribution in [1.29, 1.82) is 0 Å². The molecule has 1 amide bonds. The van der Waals surface area contributed by atoms with E-state index in [1.807, 2.05) is 23.1 Å². The molecular formula is C22H33NO2. The van der Waals surface area contributed by atoms with Gasteiger partial charge in [-0.2, -0.15) is 0 Å². The van der Waals surface area contributed by atoms with Gasteiger partial charge in [0.2, 0.25) is 5.91 Å². The van der Waals surface area contributed by atoms with Crippen LogP contribution in [0, 0.1) is 11.8 Å². The molecule has 3 rings (SSSR count). The first-order valence-corrected chi connectivity index (χ1v) is 10.1. The molecule has 0 radical (unpaired) electrons. The van der Waals surface area contributed by atoms with Crippen molar-refractivity contribution in [3.05, 3.63) is 35.9 Å². The van der Waals surface area contributed by atoms with Crippen LogP contribution in [0.25, 0.3) is 0 Å². The summed E-state index contributed by atoms with van der Waals surface area (Å²) in [6, 6.07) is 10.2. The molecule has 3 nitrogen and oxygen atoms in total. The number of likely N-dealkylation sites (tertiary alicyclic amines) is 1. The summed E-state index contributed by atoms with van der Waals surface area (Å²) in [5, 5.41) is 10.9. The van der Waals surface area contributed by atoms with Gasteiger partial charge in [-0.25, -0.2) is 0 Å². The third-order valence-corrected chi connectivity index (χ3v) is 6.22. The average molecular weight is 344 g/mol. The Kier molecular flexibility index (Phi) is 6.16. The monoisotopic (exact) mass is 343 g/mol. The number of hydrogen-bond donors (Lipinski definition) is 1. The maximum atomic E-state index is 12.8.